The van der Waals surface area contributed by atoms with Gasteiger partial charge in [-0.15, -0.1) is 0 Å². The first kappa shape index (κ1) is 28.4. The monoisotopic (exact) mass is 553 g/mol. The van der Waals surface area contributed by atoms with Crippen molar-refractivity contribution in [1.29, 1.82) is 0 Å². The van der Waals surface area contributed by atoms with E-state index in [0.29, 0.717) is 35.7 Å². The van der Waals surface area contributed by atoms with Crippen molar-refractivity contribution in [3.05, 3.63) is 64.0 Å². The number of amides is 1. The molecular formula is C29H35N3O6S. The molecule has 1 aliphatic rings. The van der Waals surface area contributed by atoms with Crippen LogP contribution in [-0.2, 0) is 14.8 Å². The van der Waals surface area contributed by atoms with Crippen LogP contribution in [-0.4, -0.2) is 51.1 Å². The number of aryl methyl sites for hydroxylation is 4. The highest BCUT2D eigenvalue weighted by molar-refractivity contribution is 7.89. The normalized spacial score (nSPS) is 15.0. The van der Waals surface area contributed by atoms with E-state index in [1.165, 1.54) is 17.0 Å². The maximum atomic E-state index is 13.7. The summed E-state index contributed by atoms with van der Waals surface area (Å²) in [5.41, 5.74) is 5.18. The van der Waals surface area contributed by atoms with E-state index in [9.17, 15) is 13.2 Å². The first-order valence-electron chi connectivity index (χ1n) is 12.8. The fraction of sp³-hybridized carbons (Fsp3) is 0.379. The number of ether oxygens (including phenoxy) is 2. The summed E-state index contributed by atoms with van der Waals surface area (Å²) in [5.74, 6) is 0.768. The maximum absolute atomic E-state index is 13.7. The molecule has 0 spiro atoms. The zero-order valence-electron chi connectivity index (χ0n) is 23.2. The van der Waals surface area contributed by atoms with Gasteiger partial charge in [-0.1, -0.05) is 28.9 Å². The third-order valence-corrected chi connectivity index (χ3v) is 9.12. The van der Waals surface area contributed by atoms with Crippen molar-refractivity contribution in [3.63, 3.8) is 0 Å². The van der Waals surface area contributed by atoms with Gasteiger partial charge >= 0.3 is 0 Å². The molecule has 0 aliphatic carbocycles. The fourth-order valence-corrected chi connectivity index (χ4v) is 6.77. The number of piperidine rings is 1. The molecule has 2 aromatic carbocycles. The number of nitrogens with zero attached hydrogens (tertiary/aromatic N) is 2. The molecule has 0 radical (unpaired) electrons. The highest BCUT2D eigenvalue weighted by Crippen LogP contribution is 2.32. The van der Waals surface area contributed by atoms with Crippen LogP contribution in [0.5, 0.6) is 11.5 Å². The number of carbonyl (C=O) groups is 1. The molecule has 1 saturated heterocycles. The molecule has 39 heavy (non-hydrogen) atoms. The first-order chi connectivity index (χ1) is 18.5. The summed E-state index contributed by atoms with van der Waals surface area (Å²) in [6.07, 6.45) is 4.30. The van der Waals surface area contributed by atoms with Crippen LogP contribution in [0, 0.1) is 33.6 Å². The SMILES string of the molecule is COc1ccc(OC)c(NC(=O)C2CCN(S(=O)(=O)c3c(C)noc3C=Cc3c(C)cc(C)cc3C)CC2)c1. The lowest BCUT2D eigenvalue weighted by Gasteiger charge is -2.30. The molecule has 9 nitrogen and oxygen atoms in total. The molecule has 1 aromatic heterocycles. The molecule has 0 saturated carbocycles. The van der Waals surface area contributed by atoms with E-state index in [1.54, 1.807) is 38.3 Å². The molecule has 0 atom stereocenters. The number of carbonyl (C=O) groups excluding carboxylic acids is 1. The van der Waals surface area contributed by atoms with Crippen LogP contribution in [0.25, 0.3) is 12.2 Å². The van der Waals surface area contributed by atoms with Gasteiger partial charge in [0, 0.05) is 25.1 Å². The maximum Gasteiger partial charge on any atom is 0.248 e. The molecule has 1 N–H and O–H groups in total. The average molecular weight is 554 g/mol. The van der Waals surface area contributed by atoms with Gasteiger partial charge in [0.05, 0.1) is 19.9 Å². The Bertz CT molecular complexity index is 1480. The van der Waals surface area contributed by atoms with Crippen LogP contribution >= 0.6 is 0 Å². The van der Waals surface area contributed by atoms with Crippen molar-refractivity contribution in [2.45, 2.75) is 45.4 Å². The number of benzene rings is 2. The minimum Gasteiger partial charge on any atom is -0.497 e. The second-order valence-electron chi connectivity index (χ2n) is 9.84. The van der Waals surface area contributed by atoms with Gasteiger partial charge in [-0.05, 0) is 75.4 Å². The van der Waals surface area contributed by atoms with Gasteiger partial charge in [0.1, 0.15) is 17.2 Å². The zero-order valence-corrected chi connectivity index (χ0v) is 24.0. The molecule has 0 bridgehead atoms. The molecule has 1 fully saturated rings. The molecule has 0 unspecified atom stereocenters. The van der Waals surface area contributed by atoms with Gasteiger partial charge in [-0.25, -0.2) is 8.42 Å². The zero-order chi connectivity index (χ0) is 28.3. The topological polar surface area (TPSA) is 111 Å². The summed E-state index contributed by atoms with van der Waals surface area (Å²) in [6, 6.07) is 9.33. The minimum absolute atomic E-state index is 0.0604. The minimum atomic E-state index is -3.88. The van der Waals surface area contributed by atoms with Gasteiger partial charge in [0.25, 0.3) is 0 Å². The van der Waals surface area contributed by atoms with E-state index in [2.05, 4.69) is 22.6 Å². The molecule has 2 heterocycles. The second kappa shape index (κ2) is 11.6. The summed E-state index contributed by atoms with van der Waals surface area (Å²) in [5, 5.41) is 6.86. The molecule has 10 heteroatoms. The fourth-order valence-electron chi connectivity index (χ4n) is 5.05. The van der Waals surface area contributed by atoms with Crippen LogP contribution in [0.1, 0.15) is 46.5 Å². The number of sulfonamides is 1. The predicted molar refractivity (Wildman–Crippen MR) is 150 cm³/mol. The molecule has 1 aliphatic heterocycles. The van der Waals surface area contributed by atoms with Crippen molar-refractivity contribution < 1.29 is 27.2 Å². The molecule has 208 valence electrons. The first-order valence-corrected chi connectivity index (χ1v) is 14.2. The van der Waals surface area contributed by atoms with Gasteiger partial charge in [-0.2, -0.15) is 4.31 Å². The van der Waals surface area contributed by atoms with E-state index < -0.39 is 10.0 Å². The summed E-state index contributed by atoms with van der Waals surface area (Å²) >= 11 is 0. The summed E-state index contributed by atoms with van der Waals surface area (Å²) in [6.45, 7) is 8.12. The summed E-state index contributed by atoms with van der Waals surface area (Å²) < 4.78 is 44.8. The molecule has 4 rings (SSSR count). The van der Waals surface area contributed by atoms with Crippen molar-refractivity contribution in [3.8, 4) is 11.5 Å². The van der Waals surface area contributed by atoms with Crippen molar-refractivity contribution in [2.24, 2.45) is 5.92 Å². The lowest BCUT2D eigenvalue weighted by atomic mass is 9.97. The van der Waals surface area contributed by atoms with Crippen molar-refractivity contribution in [1.82, 2.24) is 9.46 Å². The van der Waals surface area contributed by atoms with E-state index in [4.69, 9.17) is 14.0 Å². The number of anilines is 1. The number of methoxy groups -OCH3 is 2. The van der Waals surface area contributed by atoms with Crippen molar-refractivity contribution in [2.75, 3.05) is 32.6 Å². The molecule has 3 aromatic rings. The highest BCUT2D eigenvalue weighted by Gasteiger charge is 2.36. The lowest BCUT2D eigenvalue weighted by molar-refractivity contribution is -0.120. The Morgan fingerprint density at radius 1 is 1.03 bits per heavy atom. The predicted octanol–water partition coefficient (Wildman–Crippen LogP) is 5.14. The quantitative estimate of drug-likeness (QED) is 0.411. The Kier molecular flexibility index (Phi) is 8.46. The van der Waals surface area contributed by atoms with Crippen LogP contribution in [0.15, 0.2) is 39.8 Å². The van der Waals surface area contributed by atoms with Gasteiger partial charge < -0.3 is 19.3 Å². The molecule has 1 amide bonds. The number of nitrogens with one attached hydrogen (secondary N) is 1. The smallest absolute Gasteiger partial charge is 0.248 e. The van der Waals surface area contributed by atoms with Crippen LogP contribution in [0.2, 0.25) is 0 Å². The average Bonchev–Trinajstić information content (AvgIpc) is 3.28. The Morgan fingerprint density at radius 2 is 1.69 bits per heavy atom. The van der Waals surface area contributed by atoms with E-state index in [-0.39, 0.29) is 35.6 Å². The van der Waals surface area contributed by atoms with Crippen LogP contribution in [0.4, 0.5) is 5.69 Å². The third-order valence-electron chi connectivity index (χ3n) is 7.06. The molecular weight excluding hydrogens is 518 g/mol. The third kappa shape index (κ3) is 6.02. The van der Waals surface area contributed by atoms with Crippen LogP contribution < -0.4 is 14.8 Å². The van der Waals surface area contributed by atoms with E-state index in [1.807, 2.05) is 26.8 Å². The van der Waals surface area contributed by atoms with Crippen LogP contribution in [0.3, 0.4) is 0 Å². The lowest BCUT2D eigenvalue weighted by Crippen LogP contribution is -2.41. The van der Waals surface area contributed by atoms with E-state index in [0.717, 1.165) is 16.7 Å². The van der Waals surface area contributed by atoms with Gasteiger partial charge in [0.2, 0.25) is 15.9 Å². The second-order valence-corrected chi connectivity index (χ2v) is 11.7. The van der Waals surface area contributed by atoms with Gasteiger partial charge in [-0.3, -0.25) is 4.79 Å². The number of hydrogen-bond donors (Lipinski definition) is 1. The summed E-state index contributed by atoms with van der Waals surface area (Å²) in [7, 11) is -0.805. The standard InChI is InChI=1S/C29H35N3O6S/c1-18-15-19(2)24(20(3)16-18)8-10-27-28(21(4)31-38-27)39(34,35)32-13-11-22(12-14-32)29(33)30-25-17-23(36-5)7-9-26(25)37-6/h7-10,15-17,22H,11-14H2,1-6H3,(H,30,33). The highest BCUT2D eigenvalue weighted by atomic mass is 32.2. The Hall–Kier alpha value is -3.63. The van der Waals surface area contributed by atoms with E-state index >= 15 is 0 Å². The largest absolute Gasteiger partial charge is 0.497 e. The Morgan fingerprint density at radius 3 is 2.31 bits per heavy atom. The Balaban J connectivity index is 1.48. The Labute approximate surface area is 229 Å². The summed E-state index contributed by atoms with van der Waals surface area (Å²) in [4.78, 5) is 13.1. The number of hydrogen-bond acceptors (Lipinski definition) is 7. The number of aromatic nitrogens is 1. The number of rotatable bonds is 8. The van der Waals surface area contributed by atoms with Crippen molar-refractivity contribution >= 4 is 33.8 Å². The van der Waals surface area contributed by atoms with Gasteiger partial charge in [0.15, 0.2) is 10.7 Å².